The quantitative estimate of drug-likeness (QED) is 0.401. The predicted molar refractivity (Wildman–Crippen MR) is 102 cm³/mol. The standard InChI is InChI=1S/C19H30N4O5/c1-5-8-20-19(27)21-13-9-14(23(10-13)17(25)12-6-7-12)16(24)22-15(11(2)3)18(26)28-4/h5,11-15H,1,6-10H2,2-4H3,(H,22,24)(H2,20,21,27)/t13-,14-,15+/m0/s1. The SMILES string of the molecule is C=CCNC(=O)N[C@H]1C[C@@H](C(=O)N[C@@H](C(=O)OC)C(C)C)N(C(=O)C2CC2)C1. The molecule has 4 amide bonds. The van der Waals surface area contributed by atoms with Crippen molar-refractivity contribution in [1.29, 1.82) is 0 Å². The van der Waals surface area contributed by atoms with E-state index in [1.54, 1.807) is 19.9 Å². The Balaban J connectivity index is 2.07. The van der Waals surface area contributed by atoms with Gasteiger partial charge in [-0.3, -0.25) is 9.59 Å². The average Bonchev–Trinajstić information content (AvgIpc) is 3.43. The summed E-state index contributed by atoms with van der Waals surface area (Å²) in [6, 6.07) is -2.25. The Morgan fingerprint density at radius 3 is 2.46 bits per heavy atom. The highest BCUT2D eigenvalue weighted by Gasteiger charge is 2.45. The normalized spacial score (nSPS) is 22.4. The number of amides is 4. The number of carbonyl (C=O) groups excluding carboxylic acids is 4. The van der Waals surface area contributed by atoms with E-state index in [9.17, 15) is 19.2 Å². The molecule has 28 heavy (non-hydrogen) atoms. The number of ether oxygens (including phenoxy) is 1. The van der Waals surface area contributed by atoms with Gasteiger partial charge in [0.25, 0.3) is 0 Å². The molecule has 2 rings (SSSR count). The van der Waals surface area contributed by atoms with Crippen molar-refractivity contribution in [3.8, 4) is 0 Å². The highest BCUT2D eigenvalue weighted by Crippen LogP contribution is 2.34. The number of esters is 1. The minimum atomic E-state index is -0.793. The minimum Gasteiger partial charge on any atom is -0.467 e. The molecule has 0 spiro atoms. The van der Waals surface area contributed by atoms with Crippen LogP contribution < -0.4 is 16.0 Å². The Kier molecular flexibility index (Phi) is 7.42. The van der Waals surface area contributed by atoms with E-state index in [1.807, 2.05) is 0 Å². The number of hydrogen-bond donors (Lipinski definition) is 3. The van der Waals surface area contributed by atoms with Crippen molar-refractivity contribution in [3.05, 3.63) is 12.7 Å². The molecule has 9 nitrogen and oxygen atoms in total. The number of likely N-dealkylation sites (tertiary alicyclic amines) is 1. The second-order valence-corrected chi connectivity index (χ2v) is 7.61. The number of methoxy groups -OCH3 is 1. The van der Waals surface area contributed by atoms with Gasteiger partial charge in [-0.1, -0.05) is 19.9 Å². The molecule has 1 saturated heterocycles. The molecule has 0 aromatic carbocycles. The summed E-state index contributed by atoms with van der Waals surface area (Å²) in [5, 5.41) is 8.12. The lowest BCUT2D eigenvalue weighted by atomic mass is 10.0. The van der Waals surface area contributed by atoms with Crippen molar-refractivity contribution in [1.82, 2.24) is 20.9 Å². The Morgan fingerprint density at radius 1 is 1.25 bits per heavy atom. The van der Waals surface area contributed by atoms with Crippen LogP contribution in [0.1, 0.15) is 33.1 Å². The summed E-state index contributed by atoms with van der Waals surface area (Å²) < 4.78 is 4.76. The zero-order chi connectivity index (χ0) is 20.8. The molecule has 1 aliphatic heterocycles. The second-order valence-electron chi connectivity index (χ2n) is 7.61. The summed E-state index contributed by atoms with van der Waals surface area (Å²) in [6.45, 7) is 7.73. The van der Waals surface area contributed by atoms with Crippen LogP contribution in [0.5, 0.6) is 0 Å². The van der Waals surface area contributed by atoms with Gasteiger partial charge in [-0.2, -0.15) is 0 Å². The summed E-state index contributed by atoms with van der Waals surface area (Å²) in [4.78, 5) is 50.9. The van der Waals surface area contributed by atoms with Crippen molar-refractivity contribution < 1.29 is 23.9 Å². The van der Waals surface area contributed by atoms with Crippen LogP contribution in [-0.4, -0.2) is 67.0 Å². The van der Waals surface area contributed by atoms with E-state index < -0.39 is 24.0 Å². The smallest absolute Gasteiger partial charge is 0.328 e. The van der Waals surface area contributed by atoms with Gasteiger partial charge in [0.2, 0.25) is 11.8 Å². The first-order chi connectivity index (χ1) is 13.3. The maximum Gasteiger partial charge on any atom is 0.328 e. The van der Waals surface area contributed by atoms with Crippen LogP contribution in [0.4, 0.5) is 4.79 Å². The number of urea groups is 1. The van der Waals surface area contributed by atoms with E-state index in [0.29, 0.717) is 6.54 Å². The Bertz CT molecular complexity index is 632. The van der Waals surface area contributed by atoms with Gasteiger partial charge in [0.15, 0.2) is 0 Å². The maximum atomic E-state index is 12.9. The van der Waals surface area contributed by atoms with Crippen LogP contribution >= 0.6 is 0 Å². The molecule has 3 N–H and O–H groups in total. The fourth-order valence-electron chi connectivity index (χ4n) is 3.27. The Labute approximate surface area is 165 Å². The molecule has 2 aliphatic rings. The summed E-state index contributed by atoms with van der Waals surface area (Å²) in [6.07, 6.45) is 3.49. The fourth-order valence-corrected chi connectivity index (χ4v) is 3.27. The van der Waals surface area contributed by atoms with E-state index in [-0.39, 0.29) is 42.8 Å². The van der Waals surface area contributed by atoms with Crippen molar-refractivity contribution in [2.24, 2.45) is 11.8 Å². The number of nitrogens with zero attached hydrogens (tertiary/aromatic N) is 1. The molecule has 0 radical (unpaired) electrons. The maximum absolute atomic E-state index is 12.9. The summed E-state index contributed by atoms with van der Waals surface area (Å²) in [7, 11) is 1.27. The topological polar surface area (TPSA) is 117 Å². The summed E-state index contributed by atoms with van der Waals surface area (Å²) in [5.74, 6) is -1.22. The average molecular weight is 394 g/mol. The van der Waals surface area contributed by atoms with Crippen molar-refractivity contribution >= 4 is 23.8 Å². The van der Waals surface area contributed by atoms with Gasteiger partial charge in [0, 0.05) is 19.0 Å². The molecule has 156 valence electrons. The molecule has 0 aromatic heterocycles. The molecule has 0 unspecified atom stereocenters. The largest absolute Gasteiger partial charge is 0.467 e. The molecular formula is C19H30N4O5. The molecule has 0 aromatic rings. The monoisotopic (exact) mass is 394 g/mol. The van der Waals surface area contributed by atoms with Crippen molar-refractivity contribution in [2.75, 3.05) is 20.2 Å². The molecule has 3 atom stereocenters. The summed E-state index contributed by atoms with van der Waals surface area (Å²) >= 11 is 0. The summed E-state index contributed by atoms with van der Waals surface area (Å²) in [5.41, 5.74) is 0. The van der Waals surface area contributed by atoms with Crippen LogP contribution in [0.15, 0.2) is 12.7 Å². The van der Waals surface area contributed by atoms with E-state index in [0.717, 1.165) is 12.8 Å². The van der Waals surface area contributed by atoms with Gasteiger partial charge >= 0.3 is 12.0 Å². The lowest BCUT2D eigenvalue weighted by Gasteiger charge is -2.27. The molecule has 1 saturated carbocycles. The van der Waals surface area contributed by atoms with Crippen LogP contribution in [0.25, 0.3) is 0 Å². The van der Waals surface area contributed by atoms with Gasteiger partial charge < -0.3 is 25.6 Å². The van der Waals surface area contributed by atoms with E-state index in [1.165, 1.54) is 12.0 Å². The van der Waals surface area contributed by atoms with E-state index >= 15 is 0 Å². The fraction of sp³-hybridized carbons (Fsp3) is 0.684. The van der Waals surface area contributed by atoms with E-state index in [2.05, 4.69) is 22.5 Å². The molecule has 1 aliphatic carbocycles. The van der Waals surface area contributed by atoms with Gasteiger partial charge in [-0.05, 0) is 25.2 Å². The van der Waals surface area contributed by atoms with Crippen LogP contribution in [-0.2, 0) is 19.1 Å². The van der Waals surface area contributed by atoms with Crippen molar-refractivity contribution in [2.45, 2.75) is 51.2 Å². The first-order valence-electron chi connectivity index (χ1n) is 9.62. The Morgan fingerprint density at radius 2 is 1.93 bits per heavy atom. The molecule has 9 heteroatoms. The van der Waals surface area contributed by atoms with Crippen molar-refractivity contribution in [3.63, 3.8) is 0 Å². The lowest BCUT2D eigenvalue weighted by Crippen LogP contribution is -2.52. The zero-order valence-electron chi connectivity index (χ0n) is 16.7. The van der Waals surface area contributed by atoms with Gasteiger partial charge in [-0.25, -0.2) is 9.59 Å². The van der Waals surface area contributed by atoms with Gasteiger partial charge in [0.05, 0.1) is 13.2 Å². The third-order valence-electron chi connectivity index (χ3n) is 4.98. The number of carbonyl (C=O) groups is 4. The molecule has 1 heterocycles. The third-order valence-corrected chi connectivity index (χ3v) is 4.98. The Hall–Kier alpha value is -2.58. The number of hydrogen-bond acceptors (Lipinski definition) is 5. The number of rotatable bonds is 8. The molecule has 2 fully saturated rings. The highest BCUT2D eigenvalue weighted by atomic mass is 16.5. The third kappa shape index (κ3) is 5.46. The number of nitrogens with one attached hydrogen (secondary N) is 3. The zero-order valence-corrected chi connectivity index (χ0v) is 16.7. The lowest BCUT2D eigenvalue weighted by molar-refractivity contribution is -0.147. The first kappa shape index (κ1) is 21.7. The van der Waals surface area contributed by atoms with Gasteiger partial charge in [0.1, 0.15) is 12.1 Å². The van der Waals surface area contributed by atoms with Crippen LogP contribution in [0.3, 0.4) is 0 Å². The predicted octanol–water partition coefficient (Wildman–Crippen LogP) is 0.165. The van der Waals surface area contributed by atoms with Crippen LogP contribution in [0.2, 0.25) is 0 Å². The second kappa shape index (κ2) is 9.57. The van der Waals surface area contributed by atoms with Gasteiger partial charge in [-0.15, -0.1) is 6.58 Å². The molecule has 0 bridgehead atoms. The molecular weight excluding hydrogens is 364 g/mol. The minimum absolute atomic E-state index is 0.0508. The van der Waals surface area contributed by atoms with E-state index in [4.69, 9.17) is 4.74 Å². The van der Waals surface area contributed by atoms with Crippen LogP contribution in [0, 0.1) is 11.8 Å². The highest BCUT2D eigenvalue weighted by molar-refractivity contribution is 5.92. The first-order valence-corrected chi connectivity index (χ1v) is 9.62.